The fourth-order valence-corrected chi connectivity index (χ4v) is 5.74. The zero-order valence-corrected chi connectivity index (χ0v) is 23.6. The Kier molecular flexibility index (Phi) is 8.22. The second kappa shape index (κ2) is 12.0. The van der Waals surface area contributed by atoms with Gasteiger partial charge in [0.2, 0.25) is 0 Å². The monoisotopic (exact) mass is 579 g/mol. The van der Waals surface area contributed by atoms with Crippen LogP contribution in [0.25, 0.3) is 21.9 Å². The molecule has 0 N–H and O–H groups in total. The summed E-state index contributed by atoms with van der Waals surface area (Å²) in [7, 11) is 2.80. The Morgan fingerprint density at radius 2 is 1.44 bits per heavy atom. The number of carbonyl (C=O) groups excluding carboxylic acids is 1. The number of methoxy groups -OCH3 is 2. The molecule has 0 aliphatic carbocycles. The van der Waals surface area contributed by atoms with Gasteiger partial charge in [0, 0.05) is 17.9 Å². The van der Waals surface area contributed by atoms with Crippen LogP contribution in [0.3, 0.4) is 0 Å². The van der Waals surface area contributed by atoms with Crippen molar-refractivity contribution in [1.29, 1.82) is 5.26 Å². The second-order valence-electron chi connectivity index (χ2n) is 10.3. The van der Waals surface area contributed by atoms with E-state index in [0.29, 0.717) is 28.0 Å². The van der Waals surface area contributed by atoms with Crippen LogP contribution in [0.4, 0.5) is 13.2 Å². The molecule has 5 aromatic carbocycles. The van der Waals surface area contributed by atoms with E-state index in [0.717, 1.165) is 28.5 Å². The first-order valence-electron chi connectivity index (χ1n) is 13.6. The van der Waals surface area contributed by atoms with E-state index in [1.165, 1.54) is 20.3 Å². The van der Waals surface area contributed by atoms with Crippen LogP contribution in [-0.4, -0.2) is 20.2 Å². The SMILES string of the molecule is COC(=O)[C@@](C#N)(Cc1ccc(-c2cccc(C(F)(F)F)c2)cc1)[C@@H](c1ccccc1OC)c1cccc2ccccc12. The fraction of sp³-hybridized carbons (Fsp3) is 0.167. The standard InChI is InChI=1S/C36H28F3NO3/c1-42-32-16-6-5-14-31(32)33(30-15-8-10-26-9-3-4-13-29(26)30)35(23-40,34(41)43-2)22-24-17-19-25(20-18-24)27-11-7-12-28(21-27)36(37,38)39/h3-21,33H,22H2,1-2H3/t33-,35-/m1/s1. The molecule has 0 unspecified atom stereocenters. The minimum Gasteiger partial charge on any atom is -0.496 e. The second-order valence-corrected chi connectivity index (χ2v) is 10.3. The third-order valence-electron chi connectivity index (χ3n) is 7.79. The first-order chi connectivity index (χ1) is 20.7. The van der Waals surface area contributed by atoms with E-state index in [4.69, 9.17) is 9.47 Å². The number of hydrogen-bond acceptors (Lipinski definition) is 4. The minimum absolute atomic E-state index is 0.0228. The van der Waals surface area contributed by atoms with E-state index >= 15 is 0 Å². The number of para-hydroxylation sites is 1. The number of halogens is 3. The molecule has 0 radical (unpaired) electrons. The maximum absolute atomic E-state index is 13.8. The van der Waals surface area contributed by atoms with Crippen molar-refractivity contribution in [3.8, 4) is 22.9 Å². The number of esters is 1. The van der Waals surface area contributed by atoms with Gasteiger partial charge in [-0.15, -0.1) is 0 Å². The highest BCUT2D eigenvalue weighted by molar-refractivity contribution is 5.90. The highest BCUT2D eigenvalue weighted by atomic mass is 19.4. The summed E-state index contributed by atoms with van der Waals surface area (Å²) >= 11 is 0. The number of benzene rings is 5. The smallest absolute Gasteiger partial charge is 0.416 e. The van der Waals surface area contributed by atoms with Gasteiger partial charge in [0.15, 0.2) is 5.41 Å². The molecule has 0 aliphatic rings. The van der Waals surface area contributed by atoms with Crippen molar-refractivity contribution in [2.45, 2.75) is 18.5 Å². The Hall–Kier alpha value is -5.09. The number of fused-ring (bicyclic) bond motifs is 1. The minimum atomic E-state index is -4.46. The van der Waals surface area contributed by atoms with Crippen LogP contribution >= 0.6 is 0 Å². The molecule has 43 heavy (non-hydrogen) atoms. The fourth-order valence-electron chi connectivity index (χ4n) is 5.74. The third-order valence-corrected chi connectivity index (χ3v) is 7.79. The van der Waals surface area contributed by atoms with Gasteiger partial charge in [-0.3, -0.25) is 4.79 Å². The van der Waals surface area contributed by atoms with Gasteiger partial charge in [0.05, 0.1) is 25.9 Å². The summed E-state index contributed by atoms with van der Waals surface area (Å²) in [5.74, 6) is -0.986. The van der Waals surface area contributed by atoms with Gasteiger partial charge in [-0.1, -0.05) is 97.1 Å². The summed E-state index contributed by atoms with van der Waals surface area (Å²) in [6.45, 7) is 0. The molecule has 0 bridgehead atoms. The molecule has 5 rings (SSSR count). The van der Waals surface area contributed by atoms with Crippen LogP contribution in [0.2, 0.25) is 0 Å². The zero-order chi connectivity index (χ0) is 30.6. The Labute approximate surface area is 247 Å². The average Bonchev–Trinajstić information content (AvgIpc) is 3.04. The maximum Gasteiger partial charge on any atom is 0.416 e. The highest BCUT2D eigenvalue weighted by Crippen LogP contribution is 2.49. The molecule has 5 aromatic rings. The molecule has 2 atom stereocenters. The van der Waals surface area contributed by atoms with Crippen LogP contribution in [0.5, 0.6) is 5.75 Å². The molecule has 0 heterocycles. The van der Waals surface area contributed by atoms with Crippen LogP contribution in [0.15, 0.2) is 115 Å². The van der Waals surface area contributed by atoms with Crippen molar-refractivity contribution in [1.82, 2.24) is 0 Å². The van der Waals surface area contributed by atoms with Gasteiger partial charge in [0.25, 0.3) is 0 Å². The molecule has 4 nitrogen and oxygen atoms in total. The van der Waals surface area contributed by atoms with E-state index in [2.05, 4.69) is 6.07 Å². The van der Waals surface area contributed by atoms with E-state index < -0.39 is 29.0 Å². The summed E-state index contributed by atoms with van der Waals surface area (Å²) in [5.41, 5.74) is 0.560. The molecule has 0 aliphatic heterocycles. The normalized spacial score (nSPS) is 13.5. The number of nitriles is 1. The first kappa shape index (κ1) is 29.4. The Balaban J connectivity index is 1.66. The third kappa shape index (κ3) is 5.69. The molecule has 7 heteroatoms. The maximum atomic E-state index is 13.8. The van der Waals surface area contributed by atoms with Crippen molar-refractivity contribution in [2.24, 2.45) is 5.41 Å². The van der Waals surface area contributed by atoms with Gasteiger partial charge < -0.3 is 9.47 Å². The molecule has 0 amide bonds. The lowest BCUT2D eigenvalue weighted by molar-refractivity contribution is -0.150. The molecule has 0 spiro atoms. The van der Waals surface area contributed by atoms with Crippen molar-refractivity contribution in [2.75, 3.05) is 14.2 Å². The Morgan fingerprint density at radius 3 is 2.14 bits per heavy atom. The van der Waals surface area contributed by atoms with Crippen molar-refractivity contribution >= 4 is 16.7 Å². The quantitative estimate of drug-likeness (QED) is 0.173. The number of alkyl halides is 3. The van der Waals surface area contributed by atoms with E-state index in [9.17, 15) is 23.2 Å². The molecule has 0 saturated heterocycles. The van der Waals surface area contributed by atoms with Gasteiger partial charge >= 0.3 is 12.1 Å². The number of ether oxygens (including phenoxy) is 2. The summed E-state index contributed by atoms with van der Waals surface area (Å²) in [6.07, 6.45) is -4.48. The molecule has 0 aromatic heterocycles. The van der Waals surface area contributed by atoms with Crippen molar-refractivity contribution in [3.05, 3.63) is 138 Å². The van der Waals surface area contributed by atoms with Crippen LogP contribution < -0.4 is 4.74 Å². The van der Waals surface area contributed by atoms with E-state index in [-0.39, 0.29) is 6.42 Å². The van der Waals surface area contributed by atoms with Crippen LogP contribution in [0.1, 0.15) is 28.2 Å². The lowest BCUT2D eigenvalue weighted by Gasteiger charge is -2.35. The Bertz CT molecular complexity index is 1800. The van der Waals surface area contributed by atoms with Crippen LogP contribution in [-0.2, 0) is 22.1 Å². The van der Waals surface area contributed by atoms with E-state index in [1.807, 2.05) is 60.7 Å². The number of rotatable bonds is 8. The number of nitrogens with zero attached hydrogens (tertiary/aromatic N) is 1. The molecule has 0 fully saturated rings. The molecule has 0 saturated carbocycles. The first-order valence-corrected chi connectivity index (χ1v) is 13.6. The zero-order valence-electron chi connectivity index (χ0n) is 23.6. The lowest BCUT2D eigenvalue weighted by atomic mass is 9.65. The summed E-state index contributed by atoms with van der Waals surface area (Å²) in [4.78, 5) is 13.8. The van der Waals surface area contributed by atoms with Gasteiger partial charge in [0.1, 0.15) is 5.75 Å². The lowest BCUT2D eigenvalue weighted by Crippen LogP contribution is -2.40. The largest absolute Gasteiger partial charge is 0.496 e. The summed E-state index contributed by atoms with van der Waals surface area (Å²) < 4.78 is 51.0. The predicted molar refractivity (Wildman–Crippen MR) is 159 cm³/mol. The van der Waals surface area contributed by atoms with Gasteiger partial charge in [-0.2, -0.15) is 18.4 Å². The summed E-state index contributed by atoms with van der Waals surface area (Å²) in [6, 6.07) is 35.1. The highest BCUT2D eigenvalue weighted by Gasteiger charge is 2.50. The molecular weight excluding hydrogens is 551 g/mol. The van der Waals surface area contributed by atoms with Crippen molar-refractivity contribution < 1.29 is 27.4 Å². The van der Waals surface area contributed by atoms with Crippen LogP contribution in [0, 0.1) is 16.7 Å². The molecule has 216 valence electrons. The number of carbonyl (C=O) groups is 1. The van der Waals surface area contributed by atoms with E-state index in [1.54, 1.807) is 36.4 Å². The molecular formula is C36H28F3NO3. The Morgan fingerprint density at radius 1 is 0.791 bits per heavy atom. The van der Waals surface area contributed by atoms with Crippen molar-refractivity contribution in [3.63, 3.8) is 0 Å². The number of hydrogen-bond donors (Lipinski definition) is 0. The van der Waals surface area contributed by atoms with Gasteiger partial charge in [-0.05, 0) is 51.2 Å². The average molecular weight is 580 g/mol. The topological polar surface area (TPSA) is 59.3 Å². The predicted octanol–water partition coefficient (Wildman–Crippen LogP) is 8.59. The van der Waals surface area contributed by atoms with Gasteiger partial charge in [-0.25, -0.2) is 0 Å². The summed E-state index contributed by atoms with van der Waals surface area (Å²) in [5, 5.41) is 12.7.